The zero-order chi connectivity index (χ0) is 34.9. The third kappa shape index (κ3) is 13.7. The Hall–Kier alpha value is -3.94. The van der Waals surface area contributed by atoms with E-state index in [1.807, 2.05) is 66.0 Å². The second-order valence-electron chi connectivity index (χ2n) is 12.1. The summed E-state index contributed by atoms with van der Waals surface area (Å²) in [5.74, 6) is -0.179. The molecule has 2 aromatic carbocycles. The summed E-state index contributed by atoms with van der Waals surface area (Å²) in [4.78, 5) is 57.0. The van der Waals surface area contributed by atoms with Crippen molar-refractivity contribution in [1.29, 1.82) is 0 Å². The van der Waals surface area contributed by atoms with E-state index in [9.17, 15) is 19.2 Å². The molecule has 3 aromatic rings. The number of benzene rings is 2. The van der Waals surface area contributed by atoms with E-state index in [1.165, 1.54) is 4.90 Å². The van der Waals surface area contributed by atoms with Gasteiger partial charge in [-0.15, -0.1) is 11.3 Å². The Kier molecular flexibility index (Phi) is 16.4. The maximum absolute atomic E-state index is 13.6. The minimum atomic E-state index is -1.07. The van der Waals surface area contributed by atoms with Gasteiger partial charge in [0.2, 0.25) is 5.91 Å². The minimum absolute atomic E-state index is 0.0813. The van der Waals surface area contributed by atoms with Gasteiger partial charge in [0.05, 0.1) is 17.2 Å². The van der Waals surface area contributed by atoms with Crippen molar-refractivity contribution in [2.45, 2.75) is 81.8 Å². The average Bonchev–Trinajstić information content (AvgIpc) is 3.55. The zero-order valence-electron chi connectivity index (χ0n) is 27.8. The molecule has 0 radical (unpaired) electrons. The summed E-state index contributed by atoms with van der Waals surface area (Å²) in [7, 11) is 1.62. The van der Waals surface area contributed by atoms with E-state index in [4.69, 9.17) is 10.5 Å². The van der Waals surface area contributed by atoms with Crippen LogP contribution < -0.4 is 21.7 Å². The Bertz CT molecular complexity index is 1430. The number of hydrogen-bond acceptors (Lipinski definition) is 9. The number of hydrogen-bond donors (Lipinski definition) is 5. The predicted octanol–water partition coefficient (Wildman–Crippen LogP) is 4.47. The first kappa shape index (κ1) is 38.5. The summed E-state index contributed by atoms with van der Waals surface area (Å²) < 4.78 is 5.34. The summed E-state index contributed by atoms with van der Waals surface area (Å²) >= 11 is 5.83. The lowest BCUT2D eigenvalue weighted by molar-refractivity contribution is -0.125. The van der Waals surface area contributed by atoms with Gasteiger partial charge in [-0.25, -0.2) is 14.6 Å². The summed E-state index contributed by atoms with van der Waals surface area (Å²) in [5, 5.41) is 11.4. The molecule has 4 amide bonds. The lowest BCUT2D eigenvalue weighted by atomic mass is 9.95. The molecule has 5 N–H and O–H groups in total. The first-order valence-corrected chi connectivity index (χ1v) is 17.6. The number of nitrogens with one attached hydrogen (secondary N) is 3. The molecule has 0 spiro atoms. The van der Waals surface area contributed by atoms with Gasteiger partial charge < -0.3 is 36.1 Å². The van der Waals surface area contributed by atoms with Crippen LogP contribution >= 0.6 is 24.0 Å². The fourth-order valence-electron chi connectivity index (χ4n) is 4.96. The number of amides is 4. The normalized spacial score (nSPS) is 13.5. The van der Waals surface area contributed by atoms with Gasteiger partial charge in [0.15, 0.2) is 0 Å². The third-order valence-electron chi connectivity index (χ3n) is 7.62. The topological polar surface area (TPSA) is 156 Å². The standard InChI is InChI=1S/C35H48N6O5S2/c1-24(2)33-38-29(23-48-33)21-41(3)34(44)40-31(16-17-42)32(43)37-27(18-25-10-6-4-7-11-25)14-15-28(19-26-12-8-5-9-13-26)39-35(45)46-22-30(47)20-36/h4-13,17,23-24,27-28,30-31,47H,14-16,18-22,36H2,1-3H3,(H,37,43)(H,39,45)(H,40,44). The van der Waals surface area contributed by atoms with Crippen LogP contribution in [0.5, 0.6) is 0 Å². The zero-order valence-corrected chi connectivity index (χ0v) is 29.6. The number of alkyl carbamates (subject to hydrolysis) is 1. The Morgan fingerprint density at radius 3 is 2.06 bits per heavy atom. The van der Waals surface area contributed by atoms with Crippen LogP contribution in [0, 0.1) is 0 Å². The summed E-state index contributed by atoms with van der Waals surface area (Å²) in [6.07, 6.45) is 1.95. The summed E-state index contributed by atoms with van der Waals surface area (Å²) in [6, 6.07) is 17.3. The molecule has 0 saturated carbocycles. The molecule has 1 aromatic heterocycles. The van der Waals surface area contributed by atoms with Gasteiger partial charge >= 0.3 is 12.1 Å². The smallest absolute Gasteiger partial charge is 0.407 e. The highest BCUT2D eigenvalue weighted by atomic mass is 32.1. The third-order valence-corrected chi connectivity index (χ3v) is 9.17. The van der Waals surface area contributed by atoms with Crippen LogP contribution in [0.25, 0.3) is 0 Å². The molecule has 48 heavy (non-hydrogen) atoms. The number of nitrogens with zero attached hydrogens (tertiary/aromatic N) is 2. The monoisotopic (exact) mass is 696 g/mol. The number of ether oxygens (including phenoxy) is 1. The van der Waals surface area contributed by atoms with Crippen molar-refractivity contribution >= 4 is 48.3 Å². The number of nitrogens with two attached hydrogens (primary N) is 1. The molecule has 1 heterocycles. The molecule has 3 rings (SSSR count). The van der Waals surface area contributed by atoms with Crippen molar-refractivity contribution < 1.29 is 23.9 Å². The van der Waals surface area contributed by atoms with Crippen LogP contribution in [0.15, 0.2) is 66.0 Å². The van der Waals surface area contributed by atoms with Crippen molar-refractivity contribution in [1.82, 2.24) is 25.8 Å². The molecule has 11 nitrogen and oxygen atoms in total. The number of carbonyl (C=O) groups is 4. The molecular formula is C35H48N6O5S2. The highest BCUT2D eigenvalue weighted by Crippen LogP contribution is 2.20. The van der Waals surface area contributed by atoms with Gasteiger partial charge in [0.1, 0.15) is 18.9 Å². The van der Waals surface area contributed by atoms with Crippen molar-refractivity contribution in [2.24, 2.45) is 5.73 Å². The molecular weight excluding hydrogens is 649 g/mol. The Morgan fingerprint density at radius 1 is 0.958 bits per heavy atom. The van der Waals surface area contributed by atoms with E-state index in [2.05, 4.69) is 47.4 Å². The molecule has 0 fully saturated rings. The van der Waals surface area contributed by atoms with Gasteiger partial charge in [0.25, 0.3) is 0 Å². The van der Waals surface area contributed by atoms with Crippen molar-refractivity contribution in [3.63, 3.8) is 0 Å². The number of aromatic nitrogens is 1. The fraction of sp³-hybridized carbons (Fsp3) is 0.457. The highest BCUT2D eigenvalue weighted by molar-refractivity contribution is 7.81. The van der Waals surface area contributed by atoms with Crippen LogP contribution in [-0.4, -0.2) is 77.8 Å². The highest BCUT2D eigenvalue weighted by Gasteiger charge is 2.26. The second kappa shape index (κ2) is 20.4. The second-order valence-corrected chi connectivity index (χ2v) is 13.7. The molecule has 4 atom stereocenters. The molecule has 0 saturated heterocycles. The summed E-state index contributed by atoms with van der Waals surface area (Å²) in [6.45, 7) is 4.74. The average molecular weight is 697 g/mol. The van der Waals surface area contributed by atoms with Crippen molar-refractivity contribution in [2.75, 3.05) is 20.2 Å². The first-order chi connectivity index (χ1) is 23.1. The van der Waals surface area contributed by atoms with E-state index in [0.717, 1.165) is 21.8 Å². The quantitative estimate of drug-likeness (QED) is 0.0915. The van der Waals surface area contributed by atoms with Gasteiger partial charge in [-0.05, 0) is 36.8 Å². The first-order valence-electron chi connectivity index (χ1n) is 16.2. The molecule has 4 unspecified atom stereocenters. The Morgan fingerprint density at radius 2 is 1.54 bits per heavy atom. The minimum Gasteiger partial charge on any atom is -0.448 e. The van der Waals surface area contributed by atoms with Crippen LogP contribution in [0.4, 0.5) is 9.59 Å². The van der Waals surface area contributed by atoms with E-state index in [0.29, 0.717) is 32.0 Å². The molecule has 13 heteroatoms. The van der Waals surface area contributed by atoms with Crippen molar-refractivity contribution in [3.05, 3.63) is 87.9 Å². The number of thiazole rings is 1. The molecule has 0 aliphatic carbocycles. The van der Waals surface area contributed by atoms with E-state index in [1.54, 1.807) is 18.4 Å². The lowest BCUT2D eigenvalue weighted by Crippen LogP contribution is -2.53. The number of urea groups is 1. The van der Waals surface area contributed by atoms with E-state index < -0.39 is 24.1 Å². The molecule has 0 bridgehead atoms. The number of aldehydes is 1. The van der Waals surface area contributed by atoms with E-state index >= 15 is 0 Å². The Labute approximate surface area is 292 Å². The van der Waals surface area contributed by atoms with Gasteiger partial charge in [-0.3, -0.25) is 4.79 Å². The Balaban J connectivity index is 1.70. The molecule has 0 aliphatic rings. The van der Waals surface area contributed by atoms with Gasteiger partial charge in [-0.2, -0.15) is 12.6 Å². The number of rotatable bonds is 19. The maximum atomic E-state index is 13.6. The van der Waals surface area contributed by atoms with Gasteiger partial charge in [-0.1, -0.05) is 74.5 Å². The fourth-order valence-corrected chi connectivity index (χ4v) is 5.86. The summed E-state index contributed by atoms with van der Waals surface area (Å²) in [5.41, 5.74) is 8.40. The van der Waals surface area contributed by atoms with Crippen LogP contribution in [0.3, 0.4) is 0 Å². The van der Waals surface area contributed by atoms with E-state index in [-0.39, 0.29) is 49.4 Å². The largest absolute Gasteiger partial charge is 0.448 e. The van der Waals surface area contributed by atoms with Gasteiger partial charge in [0, 0.05) is 48.6 Å². The number of thiol groups is 1. The predicted molar refractivity (Wildman–Crippen MR) is 192 cm³/mol. The van der Waals surface area contributed by atoms with Crippen LogP contribution in [-0.2, 0) is 33.7 Å². The lowest BCUT2D eigenvalue weighted by Gasteiger charge is -2.26. The van der Waals surface area contributed by atoms with Crippen molar-refractivity contribution in [3.8, 4) is 0 Å². The molecule has 0 aliphatic heterocycles. The van der Waals surface area contributed by atoms with Crippen LogP contribution in [0.2, 0.25) is 0 Å². The van der Waals surface area contributed by atoms with Crippen LogP contribution in [0.1, 0.15) is 60.9 Å². The number of carbonyl (C=O) groups excluding carboxylic acids is 4. The maximum Gasteiger partial charge on any atom is 0.407 e. The molecule has 260 valence electrons. The SMILES string of the molecule is CC(C)c1nc(CN(C)C(=O)NC(CC=O)C(=O)NC(CCC(Cc2ccccc2)NC(=O)OCC(S)CN)Cc2ccccc2)cs1.